The molecular weight excluding hydrogens is 1690 g/mol. The normalized spacial score (nSPS) is 19.9. The number of esters is 1. The van der Waals surface area contributed by atoms with Crippen LogP contribution in [0.25, 0.3) is 17.1 Å². The second-order valence-electron chi connectivity index (χ2n) is 40.2. The van der Waals surface area contributed by atoms with Gasteiger partial charge in [-0.25, -0.2) is 9.07 Å². The Bertz CT molecular complexity index is 5690. The van der Waals surface area contributed by atoms with Gasteiger partial charge in [-0.2, -0.15) is 18.3 Å². The van der Waals surface area contributed by atoms with Gasteiger partial charge < -0.3 is 72.1 Å². The Morgan fingerprint density at radius 1 is 0.568 bits per heavy atom. The van der Waals surface area contributed by atoms with Crippen LogP contribution in [0.3, 0.4) is 0 Å². The quantitative estimate of drug-likeness (QED) is 0.0268. The van der Waals surface area contributed by atoms with Gasteiger partial charge in [-0.05, 0) is 234 Å². The van der Waals surface area contributed by atoms with Gasteiger partial charge in [0.15, 0.2) is 28.8 Å². The molecule has 2 aliphatic heterocycles. The number of rotatable bonds is 19. The molecular formula is C102H131F4N13O13. The lowest BCUT2D eigenvalue weighted by Gasteiger charge is -2.32. The number of ether oxygens (including phenoxy) is 1. The maximum Gasteiger partial charge on any atom is 0.435 e. The molecule has 710 valence electrons. The summed E-state index contributed by atoms with van der Waals surface area (Å²) in [5.41, 5.74) is 28.7. The molecule has 5 aromatic carbocycles. The van der Waals surface area contributed by atoms with Crippen LogP contribution in [-0.4, -0.2) is 165 Å². The van der Waals surface area contributed by atoms with Gasteiger partial charge in [0.1, 0.15) is 29.5 Å². The molecule has 26 nitrogen and oxygen atoms in total. The number of phenols is 2. The number of nitrogens with two attached hydrogens (primary N) is 3. The molecule has 6 aliphatic carbocycles. The van der Waals surface area contributed by atoms with Gasteiger partial charge in [0.25, 0.3) is 23.6 Å². The zero-order valence-electron chi connectivity index (χ0n) is 78.9. The summed E-state index contributed by atoms with van der Waals surface area (Å²) in [6.45, 7) is 33.1. The van der Waals surface area contributed by atoms with Gasteiger partial charge in [0, 0.05) is 148 Å². The lowest BCUT2D eigenvalue weighted by Crippen LogP contribution is -2.43. The number of aryl methyl sites for hydroxylation is 2. The van der Waals surface area contributed by atoms with Crippen molar-refractivity contribution in [2.45, 2.75) is 281 Å². The van der Waals surface area contributed by atoms with Gasteiger partial charge in [-0.3, -0.25) is 48.1 Å². The molecule has 0 radical (unpaired) electrons. The fourth-order valence-corrected chi connectivity index (χ4v) is 19.6. The number of halogens is 4. The highest BCUT2D eigenvalue weighted by molar-refractivity contribution is 6.04. The molecule has 16 rings (SSSR count). The summed E-state index contributed by atoms with van der Waals surface area (Å²) in [6.07, 6.45) is 12.9. The Balaban J connectivity index is 0.000000156. The largest absolute Gasteiger partial charge is 0.508 e. The number of Topliss-reactive ketones (excluding diaryl/α,β-unsaturated/α-hetero) is 4. The van der Waals surface area contributed by atoms with E-state index in [-0.39, 0.29) is 122 Å². The first-order valence-electron chi connectivity index (χ1n) is 46.3. The molecule has 4 amide bonds. The highest BCUT2D eigenvalue weighted by Gasteiger charge is 2.46. The number of hydrogen-bond acceptors (Lipinski definition) is 19. The number of anilines is 3. The molecule has 5 heterocycles. The van der Waals surface area contributed by atoms with E-state index in [1.807, 2.05) is 70.5 Å². The molecule has 8 aliphatic rings. The Morgan fingerprint density at radius 3 is 1.55 bits per heavy atom. The standard InChI is InChI=1S/C26H31F3N4O4.C25H33N3O2.C24H31N3O3.C23H28FN3O2.C4H8O2/c1-4-21(35)37-16-8-5-14(6-9-16)31-18-11-15(7-10-17(18)24(30)36)33-19-12-25(2,3)13-20(34)22(19)23(32-33)26(27,28)29;1-15-5-7-17(8-6-15)27-20-11-18(9-10-19(20)24(26)30)28-14-16(2)23-21(28)12-25(3,4)13-22(23)29;1-16(2)20-11-21(23(29)12-22(20)28)24(30)27-14-18-5-4-17(10-19(18)15-27)13-26-8-6-25(3)7-9-26;1-13-12-27(18-10-23(2,3)11-19(28)20(13)18)15-8-16(24)21(22(25)29)17(9-15)26-14-6-4-5-7-14;1-3(5)4(2)6/h7,10-11,14,16,31H,4-6,8-9,12-13H2,1-3H3,(H2,30,36);9-11,14-15,17,27H,5-8,12-13H2,1-4H3,(H2,26,30);4-5,10-12,16,28-29H,6-9,13-15H2,1-3H3;8-9,12,14,26H,4-7,10-11H2,1-3H3,(H2,25,29);3,5H,1-2H3/t;;;;3-/m....0/s1. The first-order valence-corrected chi connectivity index (χ1v) is 46.3. The molecule has 3 saturated carbocycles. The number of aromatic hydroxyl groups is 2. The van der Waals surface area contributed by atoms with Crippen LogP contribution in [0, 0.1) is 41.8 Å². The molecule has 12 N–H and O–H groups in total. The number of benzene rings is 5. The number of aliphatic hydroxyl groups is 1. The van der Waals surface area contributed by atoms with E-state index in [2.05, 4.69) is 101 Å². The highest BCUT2D eigenvalue weighted by atomic mass is 19.4. The number of carbonyl (C=O) groups is 9. The van der Waals surface area contributed by atoms with Crippen LogP contribution in [0.2, 0.25) is 0 Å². The Morgan fingerprint density at radius 2 is 1.05 bits per heavy atom. The molecule has 132 heavy (non-hydrogen) atoms. The number of nitrogens with one attached hydrogen (secondary N) is 3. The molecule has 1 saturated heterocycles. The number of piperazine rings is 1. The fourth-order valence-electron chi connectivity index (χ4n) is 19.6. The SMILES string of the molecule is CC(=O)[C@H](C)O.CC(C)c1cc(C(=O)N2Cc3ccc(CN4CCN(C)CC4)cc3C2)c(O)cc1O.CCC(=O)OC1CCC(Nc2cc(-n3nc(C(F)(F)F)c4c3CC(C)(C)CC4=O)ccc2C(N)=O)CC1.Cc1cn(-c2cc(F)c(C(N)=O)c(NC3CCCC3)c2)c2c1C(=O)CC(C)(C)C2.Cc1cn(-c2ccc(C(N)=O)c(NC3CCC(C)CC3)c2)c2c1C(=O)CC(C)(C)C2. The van der Waals surface area contributed by atoms with E-state index >= 15 is 0 Å². The van der Waals surface area contributed by atoms with E-state index < -0.39 is 52.7 Å². The van der Waals surface area contributed by atoms with Crippen molar-refractivity contribution in [3.8, 4) is 28.6 Å². The predicted molar refractivity (Wildman–Crippen MR) is 500 cm³/mol. The van der Waals surface area contributed by atoms with E-state index in [1.54, 1.807) is 30.0 Å². The third kappa shape index (κ3) is 23.7. The van der Waals surface area contributed by atoms with Crippen LogP contribution in [0.5, 0.6) is 11.5 Å². The van der Waals surface area contributed by atoms with Crippen molar-refractivity contribution in [2.75, 3.05) is 49.2 Å². The van der Waals surface area contributed by atoms with Crippen molar-refractivity contribution in [1.82, 2.24) is 33.6 Å². The zero-order valence-corrected chi connectivity index (χ0v) is 78.9. The molecule has 8 aromatic rings. The topological polar surface area (TPSA) is 375 Å². The van der Waals surface area contributed by atoms with Crippen molar-refractivity contribution in [1.29, 1.82) is 0 Å². The van der Waals surface area contributed by atoms with E-state index in [4.69, 9.17) is 27.0 Å². The lowest BCUT2D eigenvalue weighted by atomic mass is 9.75. The van der Waals surface area contributed by atoms with Crippen LogP contribution in [-0.2, 0) is 59.4 Å². The summed E-state index contributed by atoms with van der Waals surface area (Å²) in [6, 6.07) is 23.3. The number of primary amides is 3. The second-order valence-corrected chi connectivity index (χ2v) is 40.2. The number of aromatic nitrogens is 4. The monoisotopic (exact) mass is 1820 g/mol. The molecule has 0 spiro atoms. The summed E-state index contributed by atoms with van der Waals surface area (Å²) in [7, 11) is 2.16. The van der Waals surface area contributed by atoms with Crippen molar-refractivity contribution >= 4 is 69.8 Å². The minimum absolute atomic E-state index is 0.00155. The maximum atomic E-state index is 15.0. The van der Waals surface area contributed by atoms with Gasteiger partial charge in [-0.15, -0.1) is 0 Å². The molecule has 4 fully saturated rings. The molecule has 3 aromatic heterocycles. The van der Waals surface area contributed by atoms with Crippen LogP contribution in [0.1, 0.15) is 320 Å². The number of phenolic OH excluding ortho intramolecular Hbond substituents is 2. The van der Waals surface area contributed by atoms with Crippen molar-refractivity contribution in [3.63, 3.8) is 0 Å². The van der Waals surface area contributed by atoms with Gasteiger partial charge in [-0.1, -0.05) is 100 Å². The number of aliphatic hydroxyl groups excluding tert-OH is 1. The zero-order chi connectivity index (χ0) is 96.2. The minimum atomic E-state index is -4.79. The Labute approximate surface area is 770 Å². The number of carbonyl (C=O) groups excluding carboxylic acids is 9. The number of amides is 4. The summed E-state index contributed by atoms with van der Waals surface area (Å²) in [5, 5.41) is 42.7. The number of hydrogen-bond donors (Lipinski definition) is 9. The third-order valence-electron chi connectivity index (χ3n) is 26.8. The number of nitrogens with zero attached hydrogens (tertiary/aromatic N) is 7. The van der Waals surface area contributed by atoms with Crippen molar-refractivity contribution in [3.05, 3.63) is 192 Å². The molecule has 0 unspecified atom stereocenters. The average Bonchev–Trinajstić information content (AvgIpc) is 1.59. The summed E-state index contributed by atoms with van der Waals surface area (Å²) < 4.78 is 67.1. The summed E-state index contributed by atoms with van der Waals surface area (Å²) in [5.74, 6) is -2.72. The van der Waals surface area contributed by atoms with E-state index in [0.717, 1.165) is 145 Å². The van der Waals surface area contributed by atoms with Gasteiger partial charge in [0.05, 0.1) is 50.6 Å². The Hall–Kier alpha value is -11.5. The van der Waals surface area contributed by atoms with E-state index in [9.17, 15) is 70.9 Å². The van der Waals surface area contributed by atoms with Crippen LogP contribution >= 0.6 is 0 Å². The smallest absolute Gasteiger partial charge is 0.435 e. The van der Waals surface area contributed by atoms with Crippen LogP contribution < -0.4 is 33.2 Å². The summed E-state index contributed by atoms with van der Waals surface area (Å²) in [4.78, 5) is 116. The van der Waals surface area contributed by atoms with Crippen molar-refractivity contribution in [2.24, 2.45) is 39.4 Å². The lowest BCUT2D eigenvalue weighted by molar-refractivity contribution is -0.150. The highest BCUT2D eigenvalue weighted by Crippen LogP contribution is 2.46. The predicted octanol–water partition coefficient (Wildman–Crippen LogP) is 17.5. The second kappa shape index (κ2) is 40.9. The van der Waals surface area contributed by atoms with Gasteiger partial charge in [0.2, 0.25) is 0 Å². The molecule has 0 bridgehead atoms. The third-order valence-corrected chi connectivity index (χ3v) is 26.8. The van der Waals surface area contributed by atoms with E-state index in [1.165, 1.54) is 62.1 Å². The maximum absolute atomic E-state index is 15.0. The first kappa shape index (κ1) is 99.5. The number of alkyl halides is 3. The Kier molecular flexibility index (Phi) is 30.8. The van der Waals surface area contributed by atoms with Crippen LogP contribution in [0.4, 0.5) is 34.6 Å². The van der Waals surface area contributed by atoms with Gasteiger partial charge >= 0.3 is 12.1 Å². The molecule has 30 heteroatoms. The molecule has 1 atom stereocenters. The van der Waals surface area contributed by atoms with Crippen LogP contribution in [0.15, 0.2) is 91.3 Å². The first-order chi connectivity index (χ1) is 62.0. The number of ketones is 4. The number of likely N-dealkylation sites (N-methyl/N-ethyl adjacent to an activating group) is 1. The minimum Gasteiger partial charge on any atom is -0.508 e. The average molecular weight is 1820 g/mol. The van der Waals surface area contributed by atoms with Crippen molar-refractivity contribution < 1.29 is 80.8 Å². The fraction of sp³-hybridized carbons (Fsp3) is 0.510. The summed E-state index contributed by atoms with van der Waals surface area (Å²) >= 11 is 0. The number of fused-ring (bicyclic) bond motifs is 4. The van der Waals surface area contributed by atoms with E-state index in [0.29, 0.717) is 92.3 Å².